The van der Waals surface area contributed by atoms with Gasteiger partial charge in [0.15, 0.2) is 0 Å². The summed E-state index contributed by atoms with van der Waals surface area (Å²) in [7, 11) is 0. The topological polar surface area (TPSA) is 49.6 Å². The fourth-order valence-corrected chi connectivity index (χ4v) is 3.13. The van der Waals surface area contributed by atoms with Crippen molar-refractivity contribution in [1.82, 2.24) is 15.0 Å². The van der Waals surface area contributed by atoms with Crippen LogP contribution in [0.25, 0.3) is 0 Å². The second-order valence-corrected chi connectivity index (χ2v) is 6.72. The third-order valence-electron chi connectivity index (χ3n) is 4.77. The highest BCUT2D eigenvalue weighted by atomic mass is 16.5. The summed E-state index contributed by atoms with van der Waals surface area (Å²) in [5, 5.41) is 4.20. The molecule has 2 heterocycles. The average molecular weight is 289 g/mol. The van der Waals surface area contributed by atoms with Crippen molar-refractivity contribution < 1.29 is 9.32 Å². The Morgan fingerprint density at radius 3 is 2.81 bits per heavy atom. The van der Waals surface area contributed by atoms with Gasteiger partial charge in [-0.3, -0.25) is 9.69 Å². The largest absolute Gasteiger partial charge is 0.361 e. The van der Waals surface area contributed by atoms with E-state index in [1.807, 2.05) is 0 Å². The zero-order chi connectivity index (χ0) is 14.2. The number of carbonyl (C=O) groups is 1. The molecule has 0 aromatic carbocycles. The summed E-state index contributed by atoms with van der Waals surface area (Å²) in [4.78, 5) is 16.6. The summed E-state index contributed by atoms with van der Waals surface area (Å²) in [6.07, 6.45) is 5.75. The second-order valence-electron chi connectivity index (χ2n) is 6.72. The van der Waals surface area contributed by atoms with Crippen molar-refractivity contribution in [2.45, 2.75) is 44.6 Å². The maximum atomic E-state index is 12.1. The molecular formula is C16H23N3O2. The Bertz CT molecular complexity index is 519. The van der Waals surface area contributed by atoms with E-state index in [0.717, 1.165) is 63.4 Å². The number of nitrogens with zero attached hydrogens (tertiary/aromatic N) is 3. The molecule has 0 unspecified atom stereocenters. The lowest BCUT2D eigenvalue weighted by Crippen LogP contribution is -2.36. The van der Waals surface area contributed by atoms with Crippen molar-refractivity contribution in [3.8, 4) is 0 Å². The maximum absolute atomic E-state index is 12.1. The van der Waals surface area contributed by atoms with Gasteiger partial charge in [-0.2, -0.15) is 0 Å². The standard InChI is InChI=1S/C16H23N3O2/c20-16(13-4-5-13)19-7-1-6-18(8-9-19)11-14-10-15(21-17-14)12-2-3-12/h10,12-13H,1-9,11H2. The first-order chi connectivity index (χ1) is 10.3. The molecule has 3 aliphatic rings. The molecule has 1 saturated heterocycles. The van der Waals surface area contributed by atoms with Gasteiger partial charge in [0.2, 0.25) is 5.91 Å². The van der Waals surface area contributed by atoms with E-state index in [2.05, 4.69) is 21.0 Å². The minimum atomic E-state index is 0.341. The Morgan fingerprint density at radius 1 is 1.19 bits per heavy atom. The third-order valence-corrected chi connectivity index (χ3v) is 4.77. The maximum Gasteiger partial charge on any atom is 0.225 e. The van der Waals surface area contributed by atoms with Gasteiger partial charge in [-0.1, -0.05) is 5.16 Å². The van der Waals surface area contributed by atoms with Crippen LogP contribution in [0.1, 0.15) is 49.5 Å². The van der Waals surface area contributed by atoms with Crippen LogP contribution < -0.4 is 0 Å². The zero-order valence-electron chi connectivity index (χ0n) is 12.5. The number of hydrogen-bond acceptors (Lipinski definition) is 4. The Labute approximate surface area is 125 Å². The summed E-state index contributed by atoms with van der Waals surface area (Å²) < 4.78 is 5.42. The van der Waals surface area contributed by atoms with Crippen LogP contribution in [-0.4, -0.2) is 47.0 Å². The molecule has 0 bridgehead atoms. The van der Waals surface area contributed by atoms with Crippen molar-refractivity contribution in [2.24, 2.45) is 5.92 Å². The Kier molecular flexibility index (Phi) is 3.45. The minimum Gasteiger partial charge on any atom is -0.361 e. The molecule has 2 saturated carbocycles. The minimum absolute atomic E-state index is 0.341. The summed E-state index contributed by atoms with van der Waals surface area (Å²) in [6, 6.07) is 2.12. The van der Waals surface area contributed by atoms with E-state index >= 15 is 0 Å². The summed E-state index contributed by atoms with van der Waals surface area (Å²) in [5.74, 6) is 2.41. The molecule has 5 nitrogen and oxygen atoms in total. The van der Waals surface area contributed by atoms with Gasteiger partial charge in [0, 0.05) is 50.6 Å². The summed E-state index contributed by atoms with van der Waals surface area (Å²) >= 11 is 0. The molecule has 0 atom stereocenters. The molecule has 0 N–H and O–H groups in total. The molecule has 114 valence electrons. The lowest BCUT2D eigenvalue weighted by atomic mass is 10.2. The molecule has 1 aliphatic heterocycles. The fraction of sp³-hybridized carbons (Fsp3) is 0.750. The number of aromatic nitrogens is 1. The van der Waals surface area contributed by atoms with E-state index in [1.165, 1.54) is 12.8 Å². The summed E-state index contributed by atoms with van der Waals surface area (Å²) in [5.41, 5.74) is 1.04. The highest BCUT2D eigenvalue weighted by Crippen LogP contribution is 2.40. The van der Waals surface area contributed by atoms with E-state index in [4.69, 9.17) is 4.52 Å². The van der Waals surface area contributed by atoms with Crippen molar-refractivity contribution in [3.63, 3.8) is 0 Å². The molecule has 4 rings (SSSR count). The van der Waals surface area contributed by atoms with Crippen LogP contribution in [0.15, 0.2) is 10.6 Å². The van der Waals surface area contributed by atoms with Crippen LogP contribution in [0.5, 0.6) is 0 Å². The van der Waals surface area contributed by atoms with Crippen LogP contribution in [0.2, 0.25) is 0 Å². The molecule has 1 amide bonds. The van der Waals surface area contributed by atoms with Crippen molar-refractivity contribution >= 4 is 5.91 Å². The molecule has 0 radical (unpaired) electrons. The van der Waals surface area contributed by atoms with Crippen molar-refractivity contribution in [3.05, 3.63) is 17.5 Å². The first-order valence-corrected chi connectivity index (χ1v) is 8.26. The predicted molar refractivity (Wildman–Crippen MR) is 77.7 cm³/mol. The Balaban J connectivity index is 1.32. The van der Waals surface area contributed by atoms with Gasteiger partial charge in [-0.05, 0) is 32.1 Å². The summed E-state index contributed by atoms with van der Waals surface area (Å²) in [6.45, 7) is 4.62. The predicted octanol–water partition coefficient (Wildman–Crippen LogP) is 2.00. The monoisotopic (exact) mass is 289 g/mol. The number of carbonyl (C=O) groups excluding carboxylic acids is 1. The second kappa shape index (κ2) is 5.44. The van der Waals surface area contributed by atoms with Gasteiger partial charge < -0.3 is 9.42 Å². The molecular weight excluding hydrogens is 266 g/mol. The van der Waals surface area contributed by atoms with Crippen molar-refractivity contribution in [1.29, 1.82) is 0 Å². The van der Waals surface area contributed by atoms with E-state index in [-0.39, 0.29) is 0 Å². The van der Waals surface area contributed by atoms with Crippen LogP contribution in [0.3, 0.4) is 0 Å². The Morgan fingerprint density at radius 2 is 2.05 bits per heavy atom. The van der Waals surface area contributed by atoms with Gasteiger partial charge in [0.05, 0.1) is 5.69 Å². The lowest BCUT2D eigenvalue weighted by Gasteiger charge is -2.21. The fourth-order valence-electron chi connectivity index (χ4n) is 3.13. The molecule has 3 fully saturated rings. The van der Waals surface area contributed by atoms with E-state index in [1.54, 1.807) is 0 Å². The third kappa shape index (κ3) is 3.12. The van der Waals surface area contributed by atoms with Crippen LogP contribution in [-0.2, 0) is 11.3 Å². The first kappa shape index (κ1) is 13.3. The van der Waals surface area contributed by atoms with Gasteiger partial charge >= 0.3 is 0 Å². The molecule has 1 aromatic heterocycles. The molecule has 5 heteroatoms. The van der Waals surface area contributed by atoms with Gasteiger partial charge in [-0.15, -0.1) is 0 Å². The first-order valence-electron chi connectivity index (χ1n) is 8.26. The molecule has 21 heavy (non-hydrogen) atoms. The van der Waals surface area contributed by atoms with Gasteiger partial charge in [0.25, 0.3) is 0 Å². The van der Waals surface area contributed by atoms with Crippen LogP contribution >= 0.6 is 0 Å². The normalized spacial score (nSPS) is 24.1. The van der Waals surface area contributed by atoms with E-state index in [9.17, 15) is 4.79 Å². The highest BCUT2D eigenvalue weighted by Gasteiger charge is 2.34. The van der Waals surface area contributed by atoms with Gasteiger partial charge in [-0.25, -0.2) is 0 Å². The van der Waals surface area contributed by atoms with E-state index < -0.39 is 0 Å². The van der Waals surface area contributed by atoms with E-state index in [0.29, 0.717) is 17.7 Å². The van der Waals surface area contributed by atoms with Crippen LogP contribution in [0.4, 0.5) is 0 Å². The highest BCUT2D eigenvalue weighted by molar-refractivity contribution is 5.81. The number of hydrogen-bond donors (Lipinski definition) is 0. The molecule has 1 aromatic rings. The average Bonchev–Trinajstić information content (AvgIpc) is 3.38. The SMILES string of the molecule is O=C(C1CC1)N1CCCN(Cc2cc(C3CC3)on2)CC1. The van der Waals surface area contributed by atoms with Crippen LogP contribution in [0, 0.1) is 5.92 Å². The molecule has 2 aliphatic carbocycles. The molecule has 0 spiro atoms. The number of rotatable bonds is 4. The Hall–Kier alpha value is -1.36. The van der Waals surface area contributed by atoms with Gasteiger partial charge in [0.1, 0.15) is 5.76 Å². The lowest BCUT2D eigenvalue weighted by molar-refractivity contribution is -0.132. The smallest absolute Gasteiger partial charge is 0.225 e. The number of amides is 1. The quantitative estimate of drug-likeness (QED) is 0.850. The zero-order valence-corrected chi connectivity index (χ0v) is 12.5. The van der Waals surface area contributed by atoms with Crippen molar-refractivity contribution in [2.75, 3.05) is 26.2 Å².